The molecule has 0 saturated carbocycles. The van der Waals surface area contributed by atoms with Crippen molar-refractivity contribution in [3.8, 4) is 5.75 Å². The third-order valence-electron chi connectivity index (χ3n) is 7.64. The fourth-order valence-electron chi connectivity index (χ4n) is 5.80. The number of carbonyl (C=O) groups is 1. The molecule has 33 heavy (non-hydrogen) atoms. The minimum atomic E-state index is -0.890. The molecule has 2 fully saturated rings. The number of ether oxygens (including phenoxy) is 2. The second-order valence-corrected chi connectivity index (χ2v) is 9.66. The van der Waals surface area contributed by atoms with Crippen molar-refractivity contribution >= 4 is 16.9 Å². The maximum Gasteiger partial charge on any atom is 0.335 e. The van der Waals surface area contributed by atoms with Gasteiger partial charge >= 0.3 is 5.97 Å². The maximum absolute atomic E-state index is 11.4. The molecule has 3 heterocycles. The normalized spacial score (nSPS) is 23.8. The molecule has 6 nitrogen and oxygen atoms in total. The van der Waals surface area contributed by atoms with E-state index in [1.54, 1.807) is 19.2 Å². The average Bonchev–Trinajstić information content (AvgIpc) is 3.33. The number of aromatic amines is 1. The van der Waals surface area contributed by atoms with Gasteiger partial charge in [0.2, 0.25) is 0 Å². The highest BCUT2D eigenvalue weighted by atomic mass is 16.5. The van der Waals surface area contributed by atoms with Gasteiger partial charge in [0.1, 0.15) is 5.75 Å². The first-order valence-corrected chi connectivity index (χ1v) is 11.8. The van der Waals surface area contributed by atoms with Crippen molar-refractivity contribution in [1.82, 2.24) is 9.88 Å². The summed E-state index contributed by atoms with van der Waals surface area (Å²) in [5.74, 6) is 0.0271. The van der Waals surface area contributed by atoms with E-state index in [0.717, 1.165) is 56.8 Å². The zero-order valence-electron chi connectivity index (χ0n) is 19.4. The summed E-state index contributed by atoms with van der Waals surface area (Å²) >= 11 is 0. The molecule has 3 aromatic rings. The van der Waals surface area contributed by atoms with Gasteiger partial charge in [-0.3, -0.25) is 4.90 Å². The molecule has 174 valence electrons. The highest BCUT2D eigenvalue weighted by Gasteiger charge is 2.42. The number of aryl methyl sites for hydroxylation is 1. The number of H-pyrrole nitrogens is 1. The minimum Gasteiger partial charge on any atom is -0.496 e. The topological polar surface area (TPSA) is 74.8 Å². The second kappa shape index (κ2) is 8.84. The van der Waals surface area contributed by atoms with Gasteiger partial charge in [0.05, 0.1) is 19.3 Å². The number of carboxylic acids is 1. The number of piperidine rings is 1. The first kappa shape index (κ1) is 22.0. The molecule has 0 amide bonds. The van der Waals surface area contributed by atoms with E-state index in [1.165, 1.54) is 28.5 Å². The molecule has 2 atom stereocenters. The fourth-order valence-corrected chi connectivity index (χ4v) is 5.80. The first-order chi connectivity index (χ1) is 16.0. The van der Waals surface area contributed by atoms with Crippen molar-refractivity contribution in [2.75, 3.05) is 26.9 Å². The lowest BCUT2D eigenvalue weighted by Crippen LogP contribution is -2.45. The molecule has 2 aliphatic rings. The van der Waals surface area contributed by atoms with Gasteiger partial charge in [0.25, 0.3) is 0 Å². The van der Waals surface area contributed by atoms with E-state index in [0.29, 0.717) is 5.56 Å². The van der Waals surface area contributed by atoms with Gasteiger partial charge in [-0.2, -0.15) is 0 Å². The van der Waals surface area contributed by atoms with Crippen molar-refractivity contribution in [3.05, 3.63) is 64.8 Å². The molecule has 0 bridgehead atoms. The molecular formula is C27H32N2O4. The van der Waals surface area contributed by atoms with Gasteiger partial charge in [-0.15, -0.1) is 0 Å². The molecule has 0 radical (unpaired) electrons. The summed E-state index contributed by atoms with van der Waals surface area (Å²) in [5, 5.41) is 10.5. The lowest BCUT2D eigenvalue weighted by molar-refractivity contribution is -0.0628. The van der Waals surface area contributed by atoms with Crippen LogP contribution in [0.1, 0.15) is 58.8 Å². The van der Waals surface area contributed by atoms with Gasteiger partial charge in [-0.25, -0.2) is 4.79 Å². The molecule has 0 aliphatic carbocycles. The molecule has 5 rings (SSSR count). The molecule has 2 saturated heterocycles. The molecule has 1 spiro atoms. The van der Waals surface area contributed by atoms with E-state index in [-0.39, 0.29) is 11.5 Å². The number of rotatable bonds is 5. The molecule has 2 aromatic carbocycles. The number of benzene rings is 2. The summed E-state index contributed by atoms with van der Waals surface area (Å²) in [6, 6.07) is 11.9. The van der Waals surface area contributed by atoms with Gasteiger partial charge < -0.3 is 19.6 Å². The molecule has 2 aliphatic heterocycles. The van der Waals surface area contributed by atoms with Gasteiger partial charge in [-0.05, 0) is 80.0 Å². The Labute approximate surface area is 194 Å². The number of fused-ring (bicyclic) bond motifs is 1. The summed E-state index contributed by atoms with van der Waals surface area (Å²) in [4.78, 5) is 17.3. The van der Waals surface area contributed by atoms with Crippen LogP contribution in [0.5, 0.6) is 5.75 Å². The second-order valence-electron chi connectivity index (χ2n) is 9.66. The van der Waals surface area contributed by atoms with Crippen LogP contribution in [0.15, 0.2) is 42.6 Å². The van der Waals surface area contributed by atoms with Gasteiger partial charge in [-0.1, -0.05) is 12.1 Å². The third-order valence-corrected chi connectivity index (χ3v) is 7.64. The van der Waals surface area contributed by atoms with Crippen LogP contribution in [-0.4, -0.2) is 47.8 Å². The highest BCUT2D eigenvalue weighted by molar-refractivity contribution is 5.88. The summed E-state index contributed by atoms with van der Waals surface area (Å²) in [7, 11) is 1.74. The van der Waals surface area contributed by atoms with E-state index in [1.807, 2.05) is 18.3 Å². The van der Waals surface area contributed by atoms with Crippen LogP contribution >= 0.6 is 0 Å². The predicted molar refractivity (Wildman–Crippen MR) is 128 cm³/mol. The van der Waals surface area contributed by atoms with Crippen molar-refractivity contribution in [3.63, 3.8) is 0 Å². The molecule has 1 aromatic heterocycles. The lowest BCUT2D eigenvalue weighted by Gasteiger charge is -2.48. The zero-order chi connectivity index (χ0) is 23.0. The van der Waals surface area contributed by atoms with E-state index >= 15 is 0 Å². The number of hydrogen-bond donors (Lipinski definition) is 2. The molecule has 2 N–H and O–H groups in total. The van der Waals surface area contributed by atoms with Crippen LogP contribution < -0.4 is 4.74 Å². The Hall–Kier alpha value is -2.83. The monoisotopic (exact) mass is 448 g/mol. The molecular weight excluding hydrogens is 416 g/mol. The summed E-state index contributed by atoms with van der Waals surface area (Å²) < 4.78 is 11.7. The summed E-state index contributed by atoms with van der Waals surface area (Å²) in [5.41, 5.74) is 5.22. The largest absolute Gasteiger partial charge is 0.496 e. The molecule has 1 unspecified atom stereocenters. The van der Waals surface area contributed by atoms with Gasteiger partial charge in [0.15, 0.2) is 0 Å². The Morgan fingerprint density at radius 2 is 2.09 bits per heavy atom. The standard InChI is InChI=1S/C27H32N2O4/c1-18-14-24(32-2)22(21-8-11-28-25(18)21)16-29-12-10-27(9-3-13-33-17-27)15-23(29)19-4-6-20(7-5-19)26(30)31/h4-8,11,14,23,28H,3,9-10,12-13,15-17H2,1-2H3,(H,30,31)/t23-,27?/m0/s1. The Kier molecular flexibility index (Phi) is 5.89. The maximum atomic E-state index is 11.4. The van der Waals surface area contributed by atoms with E-state index in [4.69, 9.17) is 9.47 Å². The van der Waals surface area contributed by atoms with Crippen LogP contribution in [0.2, 0.25) is 0 Å². The number of nitrogens with zero attached hydrogens (tertiary/aromatic N) is 1. The quantitative estimate of drug-likeness (QED) is 0.553. The van der Waals surface area contributed by atoms with E-state index in [9.17, 15) is 9.90 Å². The van der Waals surface area contributed by atoms with Crippen molar-refractivity contribution < 1.29 is 19.4 Å². The number of aromatic nitrogens is 1. The van der Waals surface area contributed by atoms with Crippen LogP contribution in [-0.2, 0) is 11.3 Å². The number of nitrogens with one attached hydrogen (secondary N) is 1. The summed E-state index contributed by atoms with van der Waals surface area (Å²) in [6.45, 7) is 5.53. The van der Waals surface area contributed by atoms with Crippen LogP contribution in [0, 0.1) is 12.3 Å². The fraction of sp³-hybridized carbons (Fsp3) is 0.444. The summed E-state index contributed by atoms with van der Waals surface area (Å²) in [6.07, 6.45) is 6.43. The minimum absolute atomic E-state index is 0.197. The van der Waals surface area contributed by atoms with Crippen molar-refractivity contribution in [2.45, 2.75) is 45.2 Å². The van der Waals surface area contributed by atoms with Crippen LogP contribution in [0.3, 0.4) is 0 Å². The first-order valence-electron chi connectivity index (χ1n) is 11.8. The number of hydrogen-bond acceptors (Lipinski definition) is 4. The van der Waals surface area contributed by atoms with Crippen molar-refractivity contribution in [2.24, 2.45) is 5.41 Å². The number of aromatic carboxylic acids is 1. The zero-order valence-corrected chi connectivity index (χ0v) is 19.4. The number of carboxylic acid groups (broad SMARTS) is 1. The average molecular weight is 449 g/mol. The predicted octanol–water partition coefficient (Wildman–Crippen LogP) is 5.32. The van der Waals surface area contributed by atoms with Crippen molar-refractivity contribution in [1.29, 1.82) is 0 Å². The molecule has 6 heteroatoms. The Bertz CT molecular complexity index is 1140. The van der Waals surface area contributed by atoms with Crippen LogP contribution in [0.25, 0.3) is 10.9 Å². The third kappa shape index (κ3) is 4.13. The highest BCUT2D eigenvalue weighted by Crippen LogP contribution is 2.47. The SMILES string of the molecule is COc1cc(C)c2[nH]ccc2c1CN1CCC2(CCCOC2)C[C@H]1c1ccc(C(=O)O)cc1. The number of likely N-dealkylation sites (tertiary alicyclic amines) is 1. The Balaban J connectivity index is 1.51. The van der Waals surface area contributed by atoms with Crippen LogP contribution in [0.4, 0.5) is 0 Å². The Morgan fingerprint density at radius 3 is 2.79 bits per heavy atom. The smallest absolute Gasteiger partial charge is 0.335 e. The van der Waals surface area contributed by atoms with Gasteiger partial charge in [0, 0.05) is 41.9 Å². The van der Waals surface area contributed by atoms with E-state index < -0.39 is 5.97 Å². The lowest BCUT2D eigenvalue weighted by atomic mass is 9.70. The number of methoxy groups -OCH3 is 1. The van der Waals surface area contributed by atoms with E-state index in [2.05, 4.69) is 28.9 Å². The Morgan fingerprint density at radius 1 is 1.27 bits per heavy atom.